The third-order valence-corrected chi connectivity index (χ3v) is 5.69. The van der Waals surface area contributed by atoms with E-state index in [0.717, 1.165) is 49.8 Å². The van der Waals surface area contributed by atoms with Crippen molar-refractivity contribution >= 4 is 11.8 Å². The molecule has 25 heavy (non-hydrogen) atoms. The molecule has 2 N–H and O–H groups in total. The van der Waals surface area contributed by atoms with Gasteiger partial charge in [-0.2, -0.15) is 0 Å². The van der Waals surface area contributed by atoms with E-state index in [1.807, 2.05) is 31.2 Å². The third kappa shape index (κ3) is 3.80. The first-order chi connectivity index (χ1) is 12.1. The second-order valence-electron chi connectivity index (χ2n) is 7.32. The molecule has 0 aromatic heterocycles. The van der Waals surface area contributed by atoms with Gasteiger partial charge in [-0.1, -0.05) is 31.9 Å². The molecule has 1 saturated carbocycles. The fourth-order valence-corrected chi connectivity index (χ4v) is 4.18. The first kappa shape index (κ1) is 17.8. The van der Waals surface area contributed by atoms with Gasteiger partial charge in [0.15, 0.2) is 0 Å². The lowest BCUT2D eigenvalue weighted by Crippen LogP contribution is -2.51. The van der Waals surface area contributed by atoms with Crippen molar-refractivity contribution in [2.75, 3.05) is 7.11 Å². The lowest BCUT2D eigenvalue weighted by Gasteiger charge is -2.35. The van der Waals surface area contributed by atoms with Crippen LogP contribution in [0.1, 0.15) is 57.4 Å². The van der Waals surface area contributed by atoms with Crippen LogP contribution >= 0.6 is 0 Å². The Morgan fingerprint density at radius 3 is 2.56 bits per heavy atom. The fourth-order valence-electron chi connectivity index (χ4n) is 4.18. The standard InChI is InChI=1S/C20H28N2O3/c1-3-16-12-14(13-18(23)21-16)19(24)22-20(10-4-5-11-20)15-6-8-17(25-2)9-7-15/h6-9,14,16H,3-5,10-13H2,1-2H3,(H,21,23)(H,22,24)/t14-,16+/m0/s1. The topological polar surface area (TPSA) is 67.4 Å². The number of hydrogen-bond acceptors (Lipinski definition) is 3. The van der Waals surface area contributed by atoms with Crippen LogP contribution in [0, 0.1) is 5.92 Å². The van der Waals surface area contributed by atoms with Crippen LogP contribution in [0.3, 0.4) is 0 Å². The average Bonchev–Trinajstić information content (AvgIpc) is 3.10. The Kier molecular flexibility index (Phi) is 5.30. The maximum absolute atomic E-state index is 12.9. The average molecular weight is 344 g/mol. The van der Waals surface area contributed by atoms with Gasteiger partial charge in [0.05, 0.1) is 12.6 Å². The summed E-state index contributed by atoms with van der Waals surface area (Å²) in [5, 5.41) is 6.29. The largest absolute Gasteiger partial charge is 0.497 e. The molecule has 3 rings (SSSR count). The number of carbonyl (C=O) groups excluding carboxylic acids is 2. The summed E-state index contributed by atoms with van der Waals surface area (Å²) >= 11 is 0. The van der Waals surface area contributed by atoms with Gasteiger partial charge in [0.1, 0.15) is 5.75 Å². The van der Waals surface area contributed by atoms with Crippen LogP contribution in [0.4, 0.5) is 0 Å². The van der Waals surface area contributed by atoms with Crippen LogP contribution in [0.2, 0.25) is 0 Å². The third-order valence-electron chi connectivity index (χ3n) is 5.69. The molecule has 5 heteroatoms. The van der Waals surface area contributed by atoms with Gasteiger partial charge in [0.2, 0.25) is 11.8 Å². The van der Waals surface area contributed by atoms with Gasteiger partial charge < -0.3 is 15.4 Å². The molecule has 1 aliphatic heterocycles. The Hall–Kier alpha value is -2.04. The van der Waals surface area contributed by atoms with Crippen LogP contribution in [0.5, 0.6) is 5.75 Å². The molecule has 0 spiro atoms. The van der Waals surface area contributed by atoms with Crippen molar-refractivity contribution < 1.29 is 14.3 Å². The number of benzene rings is 1. The predicted molar refractivity (Wildman–Crippen MR) is 96.2 cm³/mol. The van der Waals surface area contributed by atoms with Crippen LogP contribution in [-0.4, -0.2) is 25.0 Å². The zero-order valence-electron chi connectivity index (χ0n) is 15.1. The number of hydrogen-bond donors (Lipinski definition) is 2. The number of amides is 2. The number of rotatable bonds is 5. The lowest BCUT2D eigenvalue weighted by atomic mass is 9.85. The Bertz CT molecular complexity index is 620. The van der Waals surface area contributed by atoms with Gasteiger partial charge in [-0.3, -0.25) is 9.59 Å². The molecule has 1 heterocycles. The fraction of sp³-hybridized carbons (Fsp3) is 0.600. The number of nitrogens with one attached hydrogen (secondary N) is 2. The maximum atomic E-state index is 12.9. The monoisotopic (exact) mass is 344 g/mol. The summed E-state index contributed by atoms with van der Waals surface area (Å²) in [5.74, 6) is 0.599. The molecule has 0 unspecified atom stereocenters. The molecule has 2 amide bonds. The summed E-state index contributed by atoms with van der Waals surface area (Å²) in [5.41, 5.74) is 0.824. The molecule has 2 atom stereocenters. The van der Waals surface area contributed by atoms with Crippen molar-refractivity contribution in [1.29, 1.82) is 0 Å². The highest BCUT2D eigenvalue weighted by Crippen LogP contribution is 2.40. The highest BCUT2D eigenvalue weighted by atomic mass is 16.5. The van der Waals surface area contributed by atoms with Crippen molar-refractivity contribution in [1.82, 2.24) is 10.6 Å². The molecular formula is C20H28N2O3. The van der Waals surface area contributed by atoms with Gasteiger partial charge in [-0.25, -0.2) is 0 Å². The predicted octanol–water partition coefficient (Wildman–Crippen LogP) is 2.89. The Morgan fingerprint density at radius 1 is 1.28 bits per heavy atom. The number of methoxy groups -OCH3 is 1. The van der Waals surface area contributed by atoms with Gasteiger partial charge in [0.25, 0.3) is 0 Å². The first-order valence-electron chi connectivity index (χ1n) is 9.32. The number of carbonyl (C=O) groups is 2. The Morgan fingerprint density at radius 2 is 1.96 bits per heavy atom. The van der Waals surface area contributed by atoms with Crippen molar-refractivity contribution in [2.45, 2.75) is 63.5 Å². The molecular weight excluding hydrogens is 316 g/mol. The Labute approximate surface area is 149 Å². The van der Waals surface area contributed by atoms with Crippen molar-refractivity contribution in [2.24, 2.45) is 5.92 Å². The summed E-state index contributed by atoms with van der Waals surface area (Å²) in [6, 6.07) is 8.10. The van der Waals surface area contributed by atoms with E-state index >= 15 is 0 Å². The molecule has 0 radical (unpaired) electrons. The molecule has 2 aliphatic rings. The molecule has 1 aromatic carbocycles. The highest BCUT2D eigenvalue weighted by Gasteiger charge is 2.40. The van der Waals surface area contributed by atoms with E-state index in [1.54, 1.807) is 7.11 Å². The quantitative estimate of drug-likeness (QED) is 0.863. The molecule has 1 saturated heterocycles. The van der Waals surface area contributed by atoms with Gasteiger partial charge >= 0.3 is 0 Å². The summed E-state index contributed by atoms with van der Waals surface area (Å²) in [6.45, 7) is 2.04. The summed E-state index contributed by atoms with van der Waals surface area (Å²) in [7, 11) is 1.65. The van der Waals surface area contributed by atoms with Crippen LogP contribution in [0.25, 0.3) is 0 Å². The van der Waals surface area contributed by atoms with Gasteiger partial charge in [-0.15, -0.1) is 0 Å². The van der Waals surface area contributed by atoms with Crippen molar-refractivity contribution in [3.8, 4) is 5.75 Å². The molecule has 0 bridgehead atoms. The molecule has 1 aromatic rings. The van der Waals surface area contributed by atoms with E-state index in [-0.39, 0.29) is 29.3 Å². The van der Waals surface area contributed by atoms with Crippen LogP contribution < -0.4 is 15.4 Å². The summed E-state index contributed by atoms with van der Waals surface area (Å²) < 4.78 is 5.25. The van der Waals surface area contributed by atoms with Gasteiger partial charge in [0, 0.05) is 18.4 Å². The van der Waals surface area contributed by atoms with Crippen molar-refractivity contribution in [3.63, 3.8) is 0 Å². The SMILES string of the molecule is CC[C@@H]1C[C@H](C(=O)NC2(c3ccc(OC)cc3)CCCC2)CC(=O)N1. The minimum atomic E-state index is -0.307. The highest BCUT2D eigenvalue weighted by molar-refractivity contribution is 5.87. The molecule has 136 valence electrons. The van der Waals surface area contributed by atoms with E-state index in [9.17, 15) is 9.59 Å². The minimum Gasteiger partial charge on any atom is -0.497 e. The van der Waals surface area contributed by atoms with E-state index in [2.05, 4.69) is 10.6 Å². The zero-order valence-corrected chi connectivity index (χ0v) is 15.1. The Balaban J connectivity index is 1.76. The van der Waals surface area contributed by atoms with E-state index in [4.69, 9.17) is 4.74 Å². The van der Waals surface area contributed by atoms with Gasteiger partial charge in [-0.05, 0) is 43.4 Å². The van der Waals surface area contributed by atoms with Crippen LogP contribution in [-0.2, 0) is 15.1 Å². The van der Waals surface area contributed by atoms with E-state index in [1.165, 1.54) is 0 Å². The molecule has 1 aliphatic carbocycles. The van der Waals surface area contributed by atoms with Crippen LogP contribution in [0.15, 0.2) is 24.3 Å². The van der Waals surface area contributed by atoms with Crippen molar-refractivity contribution in [3.05, 3.63) is 29.8 Å². The first-order valence-corrected chi connectivity index (χ1v) is 9.32. The number of piperidine rings is 1. The lowest BCUT2D eigenvalue weighted by molar-refractivity contribution is -0.134. The van der Waals surface area contributed by atoms with E-state index < -0.39 is 0 Å². The summed E-state index contributed by atoms with van der Waals surface area (Å²) in [4.78, 5) is 24.8. The maximum Gasteiger partial charge on any atom is 0.224 e. The second-order valence-corrected chi connectivity index (χ2v) is 7.32. The molecule has 5 nitrogen and oxygen atoms in total. The zero-order chi connectivity index (χ0) is 17.9. The number of ether oxygens (including phenoxy) is 1. The molecule has 2 fully saturated rings. The minimum absolute atomic E-state index is 0.0110. The second kappa shape index (κ2) is 7.46. The normalized spacial score (nSPS) is 25.3. The smallest absolute Gasteiger partial charge is 0.224 e. The summed E-state index contributed by atoms with van der Waals surface area (Å²) in [6.07, 6.45) is 5.99. The van der Waals surface area contributed by atoms with E-state index in [0.29, 0.717) is 6.42 Å².